The summed E-state index contributed by atoms with van der Waals surface area (Å²) < 4.78 is 25.2. The van der Waals surface area contributed by atoms with E-state index in [2.05, 4.69) is 9.71 Å². The van der Waals surface area contributed by atoms with E-state index in [1.165, 1.54) is 0 Å². The van der Waals surface area contributed by atoms with Crippen molar-refractivity contribution in [2.75, 3.05) is 12.3 Å². The molecule has 0 aliphatic carbocycles. The van der Waals surface area contributed by atoms with E-state index in [4.69, 9.17) is 0 Å². The number of nitrogens with one attached hydrogen (secondary N) is 1. The molecule has 1 heterocycles. The molecule has 0 unspecified atom stereocenters. The van der Waals surface area contributed by atoms with E-state index in [9.17, 15) is 8.42 Å². The Bertz CT molecular complexity index is 376. The van der Waals surface area contributed by atoms with Gasteiger partial charge in [-0.05, 0) is 30.5 Å². The van der Waals surface area contributed by atoms with Crippen LogP contribution in [0.1, 0.15) is 18.9 Å². The Morgan fingerprint density at radius 1 is 1.33 bits per heavy atom. The monoisotopic (exact) mass is 228 g/mol. The molecule has 4 nitrogen and oxygen atoms in total. The minimum atomic E-state index is -3.07. The van der Waals surface area contributed by atoms with Gasteiger partial charge < -0.3 is 0 Å². The van der Waals surface area contributed by atoms with Crippen LogP contribution < -0.4 is 4.72 Å². The minimum absolute atomic E-state index is 0.198. The lowest BCUT2D eigenvalue weighted by atomic mass is 10.2. The first-order valence-corrected chi connectivity index (χ1v) is 6.65. The number of pyridine rings is 1. The fourth-order valence-corrected chi connectivity index (χ4v) is 2.34. The SMILES string of the molecule is CCCS(=O)(=O)NCCc1ccncc1. The smallest absolute Gasteiger partial charge is 0.211 e. The number of aromatic nitrogens is 1. The largest absolute Gasteiger partial charge is 0.265 e. The van der Waals surface area contributed by atoms with E-state index >= 15 is 0 Å². The Morgan fingerprint density at radius 3 is 2.60 bits per heavy atom. The number of sulfonamides is 1. The summed E-state index contributed by atoms with van der Waals surface area (Å²) in [5.74, 6) is 0.198. The van der Waals surface area contributed by atoms with Crippen LogP contribution >= 0.6 is 0 Å². The third kappa shape index (κ3) is 4.90. The van der Waals surface area contributed by atoms with Gasteiger partial charge in [0.05, 0.1) is 5.75 Å². The Balaban J connectivity index is 2.34. The van der Waals surface area contributed by atoms with Gasteiger partial charge in [0.2, 0.25) is 10.0 Å². The number of hydrogen-bond acceptors (Lipinski definition) is 3. The molecule has 0 spiro atoms. The quantitative estimate of drug-likeness (QED) is 0.788. The molecule has 0 aromatic carbocycles. The van der Waals surface area contributed by atoms with Gasteiger partial charge in [0.15, 0.2) is 0 Å². The second-order valence-corrected chi connectivity index (χ2v) is 5.25. The van der Waals surface area contributed by atoms with Gasteiger partial charge in [0, 0.05) is 18.9 Å². The lowest BCUT2D eigenvalue weighted by Crippen LogP contribution is -2.28. The van der Waals surface area contributed by atoms with Crippen molar-refractivity contribution in [1.82, 2.24) is 9.71 Å². The number of hydrogen-bond donors (Lipinski definition) is 1. The summed E-state index contributed by atoms with van der Waals surface area (Å²) in [5, 5.41) is 0. The first kappa shape index (κ1) is 12.1. The van der Waals surface area contributed by atoms with Crippen molar-refractivity contribution in [1.29, 1.82) is 0 Å². The summed E-state index contributed by atoms with van der Waals surface area (Å²) in [6.07, 6.45) is 4.75. The molecule has 1 rings (SSSR count). The van der Waals surface area contributed by atoms with Crippen molar-refractivity contribution in [3.05, 3.63) is 30.1 Å². The Hall–Kier alpha value is -0.940. The lowest BCUT2D eigenvalue weighted by molar-refractivity contribution is 0.580. The Labute approximate surface area is 90.8 Å². The zero-order chi connectivity index (χ0) is 11.1. The molecule has 0 saturated carbocycles. The first-order chi connectivity index (χ1) is 7.14. The minimum Gasteiger partial charge on any atom is -0.265 e. The zero-order valence-corrected chi connectivity index (χ0v) is 9.63. The van der Waals surface area contributed by atoms with Crippen molar-refractivity contribution in [2.24, 2.45) is 0 Å². The second kappa shape index (κ2) is 5.82. The van der Waals surface area contributed by atoms with Crippen LogP contribution in [0.15, 0.2) is 24.5 Å². The fraction of sp³-hybridized carbons (Fsp3) is 0.500. The molecule has 0 radical (unpaired) electrons. The van der Waals surface area contributed by atoms with Crippen LogP contribution in [0.5, 0.6) is 0 Å². The van der Waals surface area contributed by atoms with E-state index in [0.29, 0.717) is 19.4 Å². The molecule has 0 saturated heterocycles. The van der Waals surface area contributed by atoms with E-state index < -0.39 is 10.0 Å². The van der Waals surface area contributed by atoms with Gasteiger partial charge in [-0.25, -0.2) is 13.1 Å². The lowest BCUT2D eigenvalue weighted by Gasteiger charge is -2.04. The molecule has 0 aliphatic heterocycles. The van der Waals surface area contributed by atoms with Gasteiger partial charge in [0.25, 0.3) is 0 Å². The fourth-order valence-electron chi connectivity index (χ4n) is 1.24. The summed E-state index contributed by atoms with van der Waals surface area (Å²) >= 11 is 0. The van der Waals surface area contributed by atoms with E-state index in [0.717, 1.165) is 5.56 Å². The van der Waals surface area contributed by atoms with Crippen LogP contribution in [-0.4, -0.2) is 25.7 Å². The van der Waals surface area contributed by atoms with E-state index in [1.54, 1.807) is 12.4 Å². The topological polar surface area (TPSA) is 59.1 Å². The van der Waals surface area contributed by atoms with Gasteiger partial charge in [0.1, 0.15) is 0 Å². The second-order valence-electron chi connectivity index (χ2n) is 3.32. The summed E-state index contributed by atoms with van der Waals surface area (Å²) in [4.78, 5) is 3.89. The molecule has 1 aromatic heterocycles. The standard InChI is InChI=1S/C10H16N2O2S/c1-2-9-15(13,14)12-8-5-10-3-6-11-7-4-10/h3-4,6-7,12H,2,5,8-9H2,1H3. The maximum atomic E-state index is 11.3. The van der Waals surface area contributed by atoms with Crippen molar-refractivity contribution < 1.29 is 8.42 Å². The van der Waals surface area contributed by atoms with Crippen LogP contribution in [0.3, 0.4) is 0 Å². The molecule has 0 amide bonds. The Kier molecular flexibility index (Phi) is 4.71. The predicted octanol–water partition coefficient (Wildman–Crippen LogP) is 0.953. The summed E-state index contributed by atoms with van der Waals surface area (Å²) in [7, 11) is -3.07. The molecule has 5 heteroatoms. The highest BCUT2D eigenvalue weighted by Gasteiger charge is 2.06. The predicted molar refractivity (Wildman–Crippen MR) is 60.0 cm³/mol. The van der Waals surface area contributed by atoms with Crippen molar-refractivity contribution >= 4 is 10.0 Å². The van der Waals surface area contributed by atoms with Gasteiger partial charge in [-0.15, -0.1) is 0 Å². The van der Waals surface area contributed by atoms with Gasteiger partial charge >= 0.3 is 0 Å². The van der Waals surface area contributed by atoms with Crippen LogP contribution in [0.25, 0.3) is 0 Å². The van der Waals surface area contributed by atoms with E-state index in [1.807, 2.05) is 19.1 Å². The van der Waals surface area contributed by atoms with Crippen molar-refractivity contribution in [3.63, 3.8) is 0 Å². The van der Waals surface area contributed by atoms with Crippen LogP contribution in [0.4, 0.5) is 0 Å². The van der Waals surface area contributed by atoms with Gasteiger partial charge in [-0.2, -0.15) is 0 Å². The van der Waals surface area contributed by atoms with Crippen LogP contribution in [0, 0.1) is 0 Å². The molecule has 15 heavy (non-hydrogen) atoms. The van der Waals surface area contributed by atoms with Crippen LogP contribution in [-0.2, 0) is 16.4 Å². The number of rotatable bonds is 6. The summed E-state index contributed by atoms with van der Waals surface area (Å²) in [5.41, 5.74) is 1.09. The highest BCUT2D eigenvalue weighted by molar-refractivity contribution is 7.89. The molecule has 1 N–H and O–H groups in total. The van der Waals surface area contributed by atoms with Crippen molar-refractivity contribution in [3.8, 4) is 0 Å². The average Bonchev–Trinajstić information content (AvgIpc) is 2.19. The average molecular weight is 228 g/mol. The molecular formula is C10H16N2O2S. The van der Waals surface area contributed by atoms with E-state index in [-0.39, 0.29) is 5.75 Å². The summed E-state index contributed by atoms with van der Waals surface area (Å²) in [6.45, 7) is 2.30. The van der Waals surface area contributed by atoms with Crippen LogP contribution in [0.2, 0.25) is 0 Å². The third-order valence-electron chi connectivity index (χ3n) is 1.96. The molecule has 84 valence electrons. The molecule has 0 bridgehead atoms. The maximum absolute atomic E-state index is 11.3. The first-order valence-electron chi connectivity index (χ1n) is 5.00. The van der Waals surface area contributed by atoms with Crippen molar-refractivity contribution in [2.45, 2.75) is 19.8 Å². The zero-order valence-electron chi connectivity index (χ0n) is 8.81. The van der Waals surface area contributed by atoms with Gasteiger partial charge in [-0.3, -0.25) is 4.98 Å². The molecule has 0 atom stereocenters. The molecular weight excluding hydrogens is 212 g/mol. The Morgan fingerprint density at radius 2 is 2.00 bits per heavy atom. The molecule has 0 fully saturated rings. The molecule has 0 aliphatic rings. The van der Waals surface area contributed by atoms with Gasteiger partial charge in [-0.1, -0.05) is 6.92 Å². The normalized spacial score (nSPS) is 11.5. The highest BCUT2D eigenvalue weighted by atomic mass is 32.2. The maximum Gasteiger partial charge on any atom is 0.211 e. The molecule has 1 aromatic rings. The highest BCUT2D eigenvalue weighted by Crippen LogP contribution is 1.97. The third-order valence-corrected chi connectivity index (χ3v) is 3.55. The summed E-state index contributed by atoms with van der Waals surface area (Å²) in [6, 6.07) is 3.77. The number of nitrogens with zero attached hydrogens (tertiary/aromatic N) is 1.